The summed E-state index contributed by atoms with van der Waals surface area (Å²) in [6, 6.07) is 30.2. The van der Waals surface area contributed by atoms with Crippen LogP contribution in [0.4, 0.5) is 5.69 Å². The summed E-state index contributed by atoms with van der Waals surface area (Å²) in [5, 5.41) is 5.08. The molecule has 4 rings (SSSR count). The fourth-order valence-electron chi connectivity index (χ4n) is 3.47. The normalized spacial score (nSPS) is 11.1. The second-order valence-electron chi connectivity index (χ2n) is 7.00. The first-order chi connectivity index (χ1) is 14.2. The molecule has 0 saturated heterocycles. The van der Waals surface area contributed by atoms with Crippen LogP contribution in [0.2, 0.25) is 0 Å². The molecule has 29 heavy (non-hydrogen) atoms. The molecule has 142 valence electrons. The number of amides is 1. The lowest BCUT2D eigenvalue weighted by atomic mass is 9.96. The maximum atomic E-state index is 13.2. The first-order valence-corrected chi connectivity index (χ1v) is 9.91. The van der Waals surface area contributed by atoms with E-state index in [1.54, 1.807) is 0 Å². The number of benzene rings is 4. The molecule has 0 aliphatic heterocycles. The number of carbonyl (C=O) groups excluding carboxylic acids is 1. The van der Waals surface area contributed by atoms with Crippen LogP contribution in [0.25, 0.3) is 28.0 Å². The van der Waals surface area contributed by atoms with Crippen LogP contribution in [0, 0.1) is 0 Å². The fourth-order valence-corrected chi connectivity index (χ4v) is 3.47. The maximum absolute atomic E-state index is 13.2. The number of hydrogen-bond donors (Lipinski definition) is 1. The van der Waals surface area contributed by atoms with Crippen LogP contribution >= 0.6 is 0 Å². The van der Waals surface area contributed by atoms with Gasteiger partial charge in [0.05, 0.1) is 0 Å². The van der Waals surface area contributed by atoms with Crippen molar-refractivity contribution in [2.75, 3.05) is 5.32 Å². The zero-order chi connectivity index (χ0) is 20.1. The van der Waals surface area contributed by atoms with Gasteiger partial charge in [0.25, 0.3) is 5.91 Å². The predicted molar refractivity (Wildman–Crippen MR) is 123 cm³/mol. The first kappa shape index (κ1) is 18.7. The molecule has 0 saturated carbocycles. The summed E-state index contributed by atoms with van der Waals surface area (Å²) in [6.45, 7) is 2.10. The Balaban J connectivity index is 1.73. The molecule has 0 atom stereocenters. The van der Waals surface area contributed by atoms with E-state index in [1.165, 1.54) is 0 Å². The van der Waals surface area contributed by atoms with Gasteiger partial charge in [-0.05, 0) is 58.1 Å². The third-order valence-electron chi connectivity index (χ3n) is 4.90. The molecule has 2 nitrogen and oxygen atoms in total. The highest BCUT2D eigenvalue weighted by molar-refractivity contribution is 6.14. The lowest BCUT2D eigenvalue weighted by molar-refractivity contribution is 0.102. The summed E-state index contributed by atoms with van der Waals surface area (Å²) in [5.74, 6) is -0.101. The van der Waals surface area contributed by atoms with Crippen LogP contribution in [-0.4, -0.2) is 5.91 Å². The molecule has 4 aromatic rings. The van der Waals surface area contributed by atoms with Gasteiger partial charge < -0.3 is 5.32 Å². The van der Waals surface area contributed by atoms with Gasteiger partial charge >= 0.3 is 0 Å². The van der Waals surface area contributed by atoms with Gasteiger partial charge in [0.15, 0.2) is 0 Å². The van der Waals surface area contributed by atoms with Gasteiger partial charge in [-0.2, -0.15) is 0 Å². The zero-order valence-corrected chi connectivity index (χ0v) is 16.4. The average Bonchev–Trinajstić information content (AvgIpc) is 2.77. The Morgan fingerprint density at radius 2 is 1.62 bits per heavy atom. The Bertz CT molecular complexity index is 1180. The largest absolute Gasteiger partial charge is 0.322 e. The predicted octanol–water partition coefficient (Wildman–Crippen LogP) is 7.18. The van der Waals surface area contributed by atoms with Gasteiger partial charge in [0.2, 0.25) is 0 Å². The SMILES string of the molecule is CC/C=C/c1cccc(NC(=O)c2cc(-c3ccccc3)cc3ccccc23)c1. The molecule has 0 radical (unpaired) electrons. The van der Waals surface area contributed by atoms with Crippen LogP contribution in [0.3, 0.4) is 0 Å². The minimum Gasteiger partial charge on any atom is -0.322 e. The van der Waals surface area contributed by atoms with E-state index in [0.29, 0.717) is 5.56 Å². The van der Waals surface area contributed by atoms with Gasteiger partial charge in [-0.25, -0.2) is 0 Å². The smallest absolute Gasteiger partial charge is 0.256 e. The molecule has 2 heteroatoms. The summed E-state index contributed by atoms with van der Waals surface area (Å²) in [4.78, 5) is 13.2. The van der Waals surface area contributed by atoms with Crippen LogP contribution in [-0.2, 0) is 0 Å². The topological polar surface area (TPSA) is 29.1 Å². The molecule has 0 heterocycles. The molecule has 1 N–H and O–H groups in total. The van der Waals surface area contributed by atoms with E-state index in [0.717, 1.165) is 39.6 Å². The summed E-state index contributed by atoms with van der Waals surface area (Å²) < 4.78 is 0. The standard InChI is InChI=1S/C27H23NO/c1-2-3-10-20-11-9-15-24(17-20)28-27(29)26-19-23(21-12-5-4-6-13-21)18-22-14-7-8-16-25(22)26/h3-19H,2H2,1H3,(H,28,29)/b10-3+. The van der Waals surface area contributed by atoms with E-state index in [2.05, 4.69) is 48.7 Å². The highest BCUT2D eigenvalue weighted by Gasteiger charge is 2.13. The van der Waals surface area contributed by atoms with Crippen molar-refractivity contribution >= 4 is 28.4 Å². The Kier molecular flexibility index (Phi) is 5.53. The van der Waals surface area contributed by atoms with Crippen LogP contribution in [0.1, 0.15) is 29.3 Å². The van der Waals surface area contributed by atoms with Crippen molar-refractivity contribution in [1.29, 1.82) is 0 Å². The molecule has 0 fully saturated rings. The van der Waals surface area contributed by atoms with Crippen molar-refractivity contribution in [2.24, 2.45) is 0 Å². The molecule has 0 spiro atoms. The second kappa shape index (κ2) is 8.57. The molecule has 1 amide bonds. The molecule has 4 aromatic carbocycles. The summed E-state index contributed by atoms with van der Waals surface area (Å²) in [6.07, 6.45) is 5.16. The van der Waals surface area contributed by atoms with E-state index in [9.17, 15) is 4.79 Å². The minimum atomic E-state index is -0.101. The Morgan fingerprint density at radius 3 is 2.45 bits per heavy atom. The van der Waals surface area contributed by atoms with E-state index in [-0.39, 0.29) is 5.91 Å². The monoisotopic (exact) mass is 377 g/mol. The van der Waals surface area contributed by atoms with Gasteiger partial charge in [-0.1, -0.05) is 85.8 Å². The maximum Gasteiger partial charge on any atom is 0.256 e. The number of anilines is 1. The lowest BCUT2D eigenvalue weighted by Gasteiger charge is -2.12. The van der Waals surface area contributed by atoms with Gasteiger partial charge in [-0.15, -0.1) is 0 Å². The highest BCUT2D eigenvalue weighted by atomic mass is 16.1. The first-order valence-electron chi connectivity index (χ1n) is 9.91. The number of hydrogen-bond acceptors (Lipinski definition) is 1. The van der Waals surface area contributed by atoms with Crippen molar-refractivity contribution in [2.45, 2.75) is 13.3 Å². The van der Waals surface area contributed by atoms with E-state index >= 15 is 0 Å². The number of fused-ring (bicyclic) bond motifs is 1. The lowest BCUT2D eigenvalue weighted by Crippen LogP contribution is -2.12. The number of rotatable bonds is 5. The van der Waals surface area contributed by atoms with E-state index in [1.807, 2.05) is 66.7 Å². The van der Waals surface area contributed by atoms with Crippen LogP contribution in [0.15, 0.2) is 97.1 Å². The van der Waals surface area contributed by atoms with Crippen LogP contribution < -0.4 is 5.32 Å². The molecule has 0 aromatic heterocycles. The number of carbonyl (C=O) groups is 1. The fraction of sp³-hybridized carbons (Fsp3) is 0.0741. The summed E-state index contributed by atoms with van der Waals surface area (Å²) >= 11 is 0. The van der Waals surface area contributed by atoms with Crippen molar-refractivity contribution < 1.29 is 4.79 Å². The number of nitrogens with one attached hydrogen (secondary N) is 1. The van der Waals surface area contributed by atoms with Crippen molar-refractivity contribution in [3.63, 3.8) is 0 Å². The third-order valence-corrected chi connectivity index (χ3v) is 4.90. The molecular formula is C27H23NO. The molecule has 0 aliphatic carbocycles. The highest BCUT2D eigenvalue weighted by Crippen LogP contribution is 2.28. The van der Waals surface area contributed by atoms with Crippen molar-refractivity contribution in [1.82, 2.24) is 0 Å². The van der Waals surface area contributed by atoms with E-state index in [4.69, 9.17) is 0 Å². The third kappa shape index (κ3) is 4.27. The Hall–Kier alpha value is -3.65. The van der Waals surface area contributed by atoms with Gasteiger partial charge in [0.1, 0.15) is 0 Å². The average molecular weight is 377 g/mol. The van der Waals surface area contributed by atoms with Crippen LogP contribution in [0.5, 0.6) is 0 Å². The molecule has 0 aliphatic rings. The van der Waals surface area contributed by atoms with Gasteiger partial charge in [-0.3, -0.25) is 4.79 Å². The molecular weight excluding hydrogens is 354 g/mol. The quantitative estimate of drug-likeness (QED) is 0.392. The number of allylic oxidation sites excluding steroid dienone is 1. The van der Waals surface area contributed by atoms with Gasteiger partial charge in [0, 0.05) is 11.3 Å². The Morgan fingerprint density at radius 1 is 0.828 bits per heavy atom. The van der Waals surface area contributed by atoms with Crippen molar-refractivity contribution in [3.05, 3.63) is 108 Å². The van der Waals surface area contributed by atoms with Crippen molar-refractivity contribution in [3.8, 4) is 11.1 Å². The summed E-state index contributed by atoms with van der Waals surface area (Å²) in [5.41, 5.74) is 4.68. The second-order valence-corrected chi connectivity index (χ2v) is 7.00. The van der Waals surface area contributed by atoms with E-state index < -0.39 is 0 Å². The summed E-state index contributed by atoms with van der Waals surface area (Å²) in [7, 11) is 0. The molecule has 0 bridgehead atoms. The zero-order valence-electron chi connectivity index (χ0n) is 16.4. The molecule has 0 unspecified atom stereocenters. The minimum absolute atomic E-state index is 0.101. The Labute approximate surface area is 171 Å².